The molecule has 232 valence electrons. The lowest BCUT2D eigenvalue weighted by Crippen LogP contribution is -2.35. The normalized spacial score (nSPS) is 20.4. The van der Waals surface area contributed by atoms with E-state index < -0.39 is 0 Å². The predicted octanol–water partition coefficient (Wildman–Crippen LogP) is 9.66. The molecule has 1 N–H and O–H groups in total. The number of allylic oxidation sites excluding steroid dienone is 3. The van der Waals surface area contributed by atoms with Gasteiger partial charge in [0.05, 0.1) is 0 Å². The molecule has 3 atom stereocenters. The van der Waals surface area contributed by atoms with Gasteiger partial charge in [0.25, 0.3) is 0 Å². The smallest absolute Gasteiger partial charge is 0.0324 e. The summed E-state index contributed by atoms with van der Waals surface area (Å²) in [6.07, 6.45) is 21.0. The quantitative estimate of drug-likeness (QED) is 0.181. The SMILES string of the molecule is CC(=CNC1CCC=CC1Cc1ccccc1)C1=Cc2ccc(-c3ccc4cc(C5C=c6ccccc6=CC5)ccc4c3)cc2CC1. The molecule has 0 spiro atoms. The third-order valence-electron chi connectivity index (χ3n) is 10.6. The monoisotopic (exact) mass is 609 g/mol. The molecular weight excluding hydrogens is 567 g/mol. The molecule has 5 aromatic rings. The molecule has 47 heavy (non-hydrogen) atoms. The summed E-state index contributed by atoms with van der Waals surface area (Å²) in [6, 6.07) is 41.1. The van der Waals surface area contributed by atoms with E-state index in [0.717, 1.165) is 32.1 Å². The summed E-state index contributed by atoms with van der Waals surface area (Å²) in [5.41, 5.74) is 11.0. The van der Waals surface area contributed by atoms with E-state index in [4.69, 9.17) is 0 Å². The minimum absolute atomic E-state index is 0.433. The minimum Gasteiger partial charge on any atom is -0.387 e. The molecule has 0 amide bonds. The van der Waals surface area contributed by atoms with Crippen molar-refractivity contribution in [3.8, 4) is 11.1 Å². The number of aryl methyl sites for hydroxylation is 1. The third kappa shape index (κ3) is 6.41. The Bertz CT molecular complexity index is 2150. The molecule has 0 saturated carbocycles. The van der Waals surface area contributed by atoms with E-state index in [2.05, 4.69) is 158 Å². The molecule has 0 aromatic heterocycles. The number of hydrogen-bond acceptors (Lipinski definition) is 1. The van der Waals surface area contributed by atoms with Crippen LogP contribution in [-0.4, -0.2) is 6.04 Å². The van der Waals surface area contributed by atoms with Crippen molar-refractivity contribution in [3.63, 3.8) is 0 Å². The second-order valence-electron chi connectivity index (χ2n) is 13.7. The van der Waals surface area contributed by atoms with Gasteiger partial charge < -0.3 is 5.32 Å². The van der Waals surface area contributed by atoms with Crippen LogP contribution in [0.4, 0.5) is 0 Å². The zero-order valence-corrected chi connectivity index (χ0v) is 27.3. The first-order chi connectivity index (χ1) is 23.2. The Morgan fingerprint density at radius 2 is 1.57 bits per heavy atom. The highest BCUT2D eigenvalue weighted by atomic mass is 14.9. The van der Waals surface area contributed by atoms with Gasteiger partial charge in [0, 0.05) is 17.9 Å². The highest BCUT2D eigenvalue weighted by molar-refractivity contribution is 5.88. The average molecular weight is 610 g/mol. The van der Waals surface area contributed by atoms with Crippen LogP contribution >= 0.6 is 0 Å². The fourth-order valence-corrected chi connectivity index (χ4v) is 7.80. The molecular formula is C46H43N. The van der Waals surface area contributed by atoms with Crippen LogP contribution in [0.25, 0.3) is 40.1 Å². The van der Waals surface area contributed by atoms with E-state index in [1.807, 2.05) is 0 Å². The Labute approximate surface area is 279 Å². The summed E-state index contributed by atoms with van der Waals surface area (Å²) in [7, 11) is 0. The summed E-state index contributed by atoms with van der Waals surface area (Å²) < 4.78 is 0. The molecule has 3 unspecified atom stereocenters. The minimum atomic E-state index is 0.433. The van der Waals surface area contributed by atoms with Gasteiger partial charge in [-0.25, -0.2) is 0 Å². The van der Waals surface area contributed by atoms with Crippen molar-refractivity contribution in [2.24, 2.45) is 5.92 Å². The highest BCUT2D eigenvalue weighted by Gasteiger charge is 2.21. The van der Waals surface area contributed by atoms with Gasteiger partial charge in [-0.1, -0.05) is 134 Å². The first kappa shape index (κ1) is 29.5. The van der Waals surface area contributed by atoms with Crippen LogP contribution in [-0.2, 0) is 12.8 Å². The molecule has 3 aliphatic rings. The molecule has 0 radical (unpaired) electrons. The van der Waals surface area contributed by atoms with Crippen molar-refractivity contribution in [2.45, 2.75) is 57.4 Å². The molecule has 0 fully saturated rings. The van der Waals surface area contributed by atoms with Gasteiger partial charge in [-0.2, -0.15) is 0 Å². The topological polar surface area (TPSA) is 12.0 Å². The Morgan fingerprint density at radius 3 is 2.49 bits per heavy atom. The summed E-state index contributed by atoms with van der Waals surface area (Å²) in [5.74, 6) is 0.960. The molecule has 0 aliphatic heterocycles. The van der Waals surface area contributed by atoms with Gasteiger partial charge in [0.1, 0.15) is 0 Å². The van der Waals surface area contributed by atoms with Gasteiger partial charge in [-0.15, -0.1) is 0 Å². The van der Waals surface area contributed by atoms with Gasteiger partial charge >= 0.3 is 0 Å². The van der Waals surface area contributed by atoms with Crippen molar-refractivity contribution < 1.29 is 0 Å². The summed E-state index contributed by atoms with van der Waals surface area (Å²) in [4.78, 5) is 0. The summed E-state index contributed by atoms with van der Waals surface area (Å²) in [5, 5.41) is 9.15. The first-order valence-corrected chi connectivity index (χ1v) is 17.4. The molecule has 0 heterocycles. The lowest BCUT2D eigenvalue weighted by atomic mass is 9.85. The Hall–Kier alpha value is -4.88. The fourth-order valence-electron chi connectivity index (χ4n) is 7.80. The third-order valence-corrected chi connectivity index (χ3v) is 10.6. The maximum Gasteiger partial charge on any atom is 0.0324 e. The van der Waals surface area contributed by atoms with Crippen LogP contribution in [0.3, 0.4) is 0 Å². The number of nitrogens with one attached hydrogen (secondary N) is 1. The van der Waals surface area contributed by atoms with Gasteiger partial charge in [-0.3, -0.25) is 0 Å². The van der Waals surface area contributed by atoms with Crippen LogP contribution < -0.4 is 15.8 Å². The van der Waals surface area contributed by atoms with Crippen LogP contribution in [0.1, 0.15) is 60.8 Å². The molecule has 5 aromatic carbocycles. The summed E-state index contributed by atoms with van der Waals surface area (Å²) >= 11 is 0. The Morgan fingerprint density at radius 1 is 0.787 bits per heavy atom. The van der Waals surface area contributed by atoms with Crippen molar-refractivity contribution >= 4 is 29.0 Å². The average Bonchev–Trinajstić information content (AvgIpc) is 3.13. The van der Waals surface area contributed by atoms with E-state index in [1.165, 1.54) is 72.2 Å². The van der Waals surface area contributed by atoms with E-state index in [0.29, 0.717) is 17.9 Å². The summed E-state index contributed by atoms with van der Waals surface area (Å²) in [6.45, 7) is 2.27. The number of rotatable bonds is 7. The second-order valence-corrected chi connectivity index (χ2v) is 13.7. The highest BCUT2D eigenvalue weighted by Crippen LogP contribution is 2.34. The molecule has 8 rings (SSSR count). The largest absolute Gasteiger partial charge is 0.387 e. The number of fused-ring (bicyclic) bond motifs is 3. The first-order valence-electron chi connectivity index (χ1n) is 17.4. The molecule has 1 heteroatoms. The maximum atomic E-state index is 3.83. The van der Waals surface area contributed by atoms with Crippen molar-refractivity contribution in [1.29, 1.82) is 0 Å². The van der Waals surface area contributed by atoms with Gasteiger partial charge in [0.2, 0.25) is 0 Å². The van der Waals surface area contributed by atoms with Gasteiger partial charge in [0.15, 0.2) is 0 Å². The van der Waals surface area contributed by atoms with Crippen LogP contribution in [0.15, 0.2) is 139 Å². The standard InChI is InChI=1S/C46H43N/c1-32(31-47-46-14-8-7-13-45(46)25-33-9-3-2-4-10-33)35-16-18-39-28-41(20-19-37(39)26-35)43-24-23-42-29-40(21-22-44(42)30-43)38-17-15-34-11-5-6-12-36(34)27-38/h2-7,9-13,15,19-24,26-31,38,45-47H,8,14,16-18,25H2,1H3. The molecule has 1 nitrogen and oxygen atoms in total. The molecule has 0 saturated heterocycles. The zero-order valence-electron chi connectivity index (χ0n) is 27.3. The van der Waals surface area contributed by atoms with Gasteiger partial charge in [-0.05, 0) is 123 Å². The lowest BCUT2D eigenvalue weighted by Gasteiger charge is -2.29. The lowest BCUT2D eigenvalue weighted by molar-refractivity contribution is 0.407. The van der Waals surface area contributed by atoms with Crippen molar-refractivity contribution in [2.75, 3.05) is 0 Å². The van der Waals surface area contributed by atoms with Crippen molar-refractivity contribution in [3.05, 3.63) is 171 Å². The number of hydrogen-bond donors (Lipinski definition) is 1. The molecule has 0 bridgehead atoms. The predicted molar refractivity (Wildman–Crippen MR) is 200 cm³/mol. The van der Waals surface area contributed by atoms with E-state index >= 15 is 0 Å². The van der Waals surface area contributed by atoms with E-state index in [-0.39, 0.29) is 0 Å². The number of benzene rings is 5. The Balaban J connectivity index is 0.966. The van der Waals surface area contributed by atoms with Crippen molar-refractivity contribution in [1.82, 2.24) is 5.32 Å². The van der Waals surface area contributed by atoms with Crippen LogP contribution in [0, 0.1) is 5.92 Å². The Kier molecular flexibility index (Phi) is 8.22. The molecule has 3 aliphatic carbocycles. The van der Waals surface area contributed by atoms with Crippen LogP contribution in [0.5, 0.6) is 0 Å². The fraction of sp³-hybridized carbons (Fsp3) is 0.217. The van der Waals surface area contributed by atoms with Crippen LogP contribution in [0.2, 0.25) is 0 Å². The second kappa shape index (κ2) is 13.1. The zero-order chi connectivity index (χ0) is 31.6. The maximum absolute atomic E-state index is 3.83. The van der Waals surface area contributed by atoms with E-state index in [1.54, 1.807) is 0 Å². The van der Waals surface area contributed by atoms with E-state index in [9.17, 15) is 0 Å².